The van der Waals surface area contributed by atoms with Crippen molar-refractivity contribution in [1.82, 2.24) is 9.47 Å². The SMILES string of the molecule is CN(C)CCn1c(-c2ccc(OCc3cc(S(C)(=O)=O)ccc3N3CCOCC3)cc2)c(C2CCCCC2)c2sc(C(=O)O)cc21.Cl.Cl. The Balaban J connectivity index is 0.00000260. The van der Waals surface area contributed by atoms with Crippen LogP contribution in [-0.2, 0) is 27.7 Å². The maximum absolute atomic E-state index is 12.4. The van der Waals surface area contributed by atoms with Crippen molar-refractivity contribution in [2.24, 2.45) is 0 Å². The van der Waals surface area contributed by atoms with E-state index in [4.69, 9.17) is 9.47 Å². The van der Waals surface area contributed by atoms with E-state index in [2.05, 4.69) is 40.6 Å². The number of carboxylic acid groups (broad SMARTS) is 1. The number of rotatable bonds is 11. The number of thiophene rings is 1. The van der Waals surface area contributed by atoms with Crippen molar-refractivity contribution in [1.29, 1.82) is 0 Å². The van der Waals surface area contributed by atoms with Crippen LogP contribution >= 0.6 is 36.2 Å². The molecule has 1 aliphatic heterocycles. The number of aromatic nitrogens is 1. The van der Waals surface area contributed by atoms with E-state index in [-0.39, 0.29) is 36.3 Å². The molecule has 0 amide bonds. The Morgan fingerprint density at radius 2 is 1.71 bits per heavy atom. The number of sulfone groups is 1. The van der Waals surface area contributed by atoms with E-state index in [9.17, 15) is 18.3 Å². The van der Waals surface area contributed by atoms with Crippen LogP contribution in [0.1, 0.15) is 58.8 Å². The number of likely N-dealkylation sites (N-methyl/N-ethyl adjacent to an activating group) is 1. The lowest BCUT2D eigenvalue weighted by molar-refractivity contribution is 0.0702. The van der Waals surface area contributed by atoms with E-state index in [1.54, 1.807) is 12.1 Å². The second-order valence-corrected chi connectivity index (χ2v) is 15.7. The molecule has 2 fully saturated rings. The highest BCUT2D eigenvalue weighted by molar-refractivity contribution is 7.90. The maximum Gasteiger partial charge on any atom is 0.345 e. The zero-order valence-electron chi connectivity index (χ0n) is 27.6. The van der Waals surface area contributed by atoms with Gasteiger partial charge in [-0.2, -0.15) is 0 Å². The first-order valence-electron chi connectivity index (χ1n) is 16.0. The molecule has 6 rings (SSSR count). The molecule has 4 aromatic rings. The first-order valence-corrected chi connectivity index (χ1v) is 18.7. The largest absolute Gasteiger partial charge is 0.489 e. The molecule has 0 radical (unpaired) electrons. The minimum atomic E-state index is -3.37. The molecule has 0 spiro atoms. The summed E-state index contributed by atoms with van der Waals surface area (Å²) >= 11 is 1.40. The molecule has 2 aromatic carbocycles. The van der Waals surface area contributed by atoms with Crippen molar-refractivity contribution in [3.63, 3.8) is 0 Å². The number of ether oxygens (including phenoxy) is 2. The first-order chi connectivity index (χ1) is 22.1. The molecule has 0 atom stereocenters. The van der Waals surface area contributed by atoms with Crippen LogP contribution in [0.25, 0.3) is 21.5 Å². The predicted molar refractivity (Wildman–Crippen MR) is 198 cm³/mol. The van der Waals surface area contributed by atoms with Gasteiger partial charge in [-0.25, -0.2) is 13.2 Å². The van der Waals surface area contributed by atoms with Crippen LogP contribution in [0.15, 0.2) is 53.4 Å². The van der Waals surface area contributed by atoms with Gasteiger partial charge in [0.2, 0.25) is 0 Å². The van der Waals surface area contributed by atoms with Gasteiger partial charge in [-0.1, -0.05) is 19.3 Å². The van der Waals surface area contributed by atoms with Crippen LogP contribution in [0.2, 0.25) is 0 Å². The van der Waals surface area contributed by atoms with Gasteiger partial charge in [0.15, 0.2) is 9.84 Å². The van der Waals surface area contributed by atoms with Crippen LogP contribution in [-0.4, -0.2) is 82.2 Å². The summed E-state index contributed by atoms with van der Waals surface area (Å²) in [6, 6.07) is 15.3. The Hall–Kier alpha value is -2.80. The number of anilines is 1. The summed E-state index contributed by atoms with van der Waals surface area (Å²) in [6.45, 7) is 4.55. The monoisotopic (exact) mass is 737 g/mol. The number of hydrogen-bond donors (Lipinski definition) is 1. The highest BCUT2D eigenvalue weighted by atomic mass is 35.5. The van der Waals surface area contributed by atoms with Crippen molar-refractivity contribution < 1.29 is 27.8 Å². The van der Waals surface area contributed by atoms with Crippen molar-refractivity contribution in [3.05, 3.63) is 64.5 Å². The summed E-state index contributed by atoms with van der Waals surface area (Å²) in [4.78, 5) is 17.0. The molecule has 1 saturated heterocycles. The smallest absolute Gasteiger partial charge is 0.345 e. The van der Waals surface area contributed by atoms with Crippen LogP contribution in [0.4, 0.5) is 5.69 Å². The molecule has 1 N–H and O–H groups in total. The molecule has 1 aliphatic carbocycles. The third-order valence-corrected chi connectivity index (χ3v) is 11.4. The van der Waals surface area contributed by atoms with Gasteiger partial charge in [0, 0.05) is 43.7 Å². The Bertz CT molecular complexity index is 1810. The summed E-state index contributed by atoms with van der Waals surface area (Å²) < 4.78 is 40.0. The molecule has 3 heterocycles. The Morgan fingerprint density at radius 1 is 1.02 bits per heavy atom. The standard InChI is InChI=1S/C35H43N3O6S2.2ClH/c1-36(2)15-16-38-30-22-31(35(39)40)45-34(30)32(24-7-5-4-6-8-24)33(38)25-9-11-27(12-10-25)44-23-26-21-28(46(3,41)42)13-14-29(26)37-17-19-43-20-18-37;;/h9-14,21-22,24H,4-8,15-20,23H2,1-3H3,(H,39,40);2*1H. The molecule has 13 heteroatoms. The average Bonchev–Trinajstić information content (AvgIpc) is 3.61. The van der Waals surface area contributed by atoms with Crippen LogP contribution in [0.5, 0.6) is 5.75 Å². The van der Waals surface area contributed by atoms with Gasteiger partial charge in [0.05, 0.1) is 34.0 Å². The van der Waals surface area contributed by atoms with Crippen molar-refractivity contribution in [2.75, 3.05) is 58.1 Å². The third-order valence-electron chi connectivity index (χ3n) is 9.12. The number of nitrogens with zero attached hydrogens (tertiary/aromatic N) is 3. The van der Waals surface area contributed by atoms with Gasteiger partial charge >= 0.3 is 5.97 Å². The Kier molecular flexibility index (Phi) is 12.9. The van der Waals surface area contributed by atoms with Gasteiger partial charge < -0.3 is 28.9 Å². The minimum absolute atomic E-state index is 0. The molecule has 2 aliphatic rings. The highest BCUT2D eigenvalue weighted by Gasteiger charge is 2.29. The van der Waals surface area contributed by atoms with Crippen molar-refractivity contribution in [2.45, 2.75) is 56.1 Å². The number of benzene rings is 2. The van der Waals surface area contributed by atoms with Gasteiger partial charge in [0.1, 0.15) is 17.2 Å². The predicted octanol–water partition coefficient (Wildman–Crippen LogP) is 7.34. The van der Waals surface area contributed by atoms with E-state index in [1.807, 2.05) is 24.3 Å². The van der Waals surface area contributed by atoms with E-state index >= 15 is 0 Å². The number of aromatic carboxylic acids is 1. The first kappa shape index (κ1) is 38.0. The lowest BCUT2D eigenvalue weighted by Crippen LogP contribution is -2.36. The van der Waals surface area contributed by atoms with Crippen LogP contribution in [0.3, 0.4) is 0 Å². The molecule has 1 saturated carbocycles. The fraction of sp³-hybridized carbons (Fsp3) is 0.457. The molecular weight excluding hydrogens is 693 g/mol. The molecule has 262 valence electrons. The number of fused-ring (bicyclic) bond motifs is 1. The highest BCUT2D eigenvalue weighted by Crippen LogP contribution is 2.47. The van der Waals surface area contributed by atoms with E-state index in [0.29, 0.717) is 29.8 Å². The summed E-state index contributed by atoms with van der Waals surface area (Å²) in [5.41, 5.74) is 6.33. The normalized spacial score (nSPS) is 15.7. The summed E-state index contributed by atoms with van der Waals surface area (Å²) in [5.74, 6) is 0.211. The summed E-state index contributed by atoms with van der Waals surface area (Å²) in [6.07, 6.45) is 7.06. The second-order valence-electron chi connectivity index (χ2n) is 12.7. The lowest BCUT2D eigenvalue weighted by atomic mass is 9.83. The molecule has 2 aromatic heterocycles. The fourth-order valence-corrected chi connectivity index (χ4v) is 8.55. The average molecular weight is 739 g/mol. The molecule has 0 bridgehead atoms. The number of halogens is 2. The fourth-order valence-electron chi connectivity index (χ4n) is 6.76. The van der Waals surface area contributed by atoms with Crippen molar-refractivity contribution in [3.8, 4) is 17.0 Å². The molecule has 48 heavy (non-hydrogen) atoms. The van der Waals surface area contributed by atoms with Crippen molar-refractivity contribution >= 4 is 67.9 Å². The van der Waals surface area contributed by atoms with E-state index in [0.717, 1.165) is 66.1 Å². The van der Waals surface area contributed by atoms with Crippen LogP contribution in [0, 0.1) is 0 Å². The summed E-state index contributed by atoms with van der Waals surface area (Å²) in [5, 5.41) is 9.85. The number of morpholine rings is 1. The second kappa shape index (κ2) is 16.3. The quantitative estimate of drug-likeness (QED) is 0.171. The Labute approximate surface area is 299 Å². The molecule has 9 nitrogen and oxygen atoms in total. The number of hydrogen-bond acceptors (Lipinski definition) is 8. The topological polar surface area (TPSA) is 101 Å². The zero-order chi connectivity index (χ0) is 32.4. The lowest BCUT2D eigenvalue weighted by Gasteiger charge is -2.30. The Morgan fingerprint density at radius 3 is 2.33 bits per heavy atom. The molecular formula is C35H45Cl2N3O6S2. The number of carboxylic acids is 1. The summed E-state index contributed by atoms with van der Waals surface area (Å²) in [7, 11) is 0.743. The van der Waals surface area contributed by atoms with E-state index < -0.39 is 15.8 Å². The van der Waals surface area contributed by atoms with Gasteiger partial charge in [-0.15, -0.1) is 36.2 Å². The van der Waals surface area contributed by atoms with Gasteiger partial charge in [-0.3, -0.25) is 0 Å². The number of carbonyl (C=O) groups is 1. The van der Waals surface area contributed by atoms with Gasteiger partial charge in [-0.05, 0) is 92.5 Å². The third kappa shape index (κ3) is 8.31. The molecule has 0 unspecified atom stereocenters. The van der Waals surface area contributed by atoms with Gasteiger partial charge in [0.25, 0.3) is 0 Å². The van der Waals surface area contributed by atoms with Crippen LogP contribution < -0.4 is 9.64 Å². The maximum atomic E-state index is 12.4. The minimum Gasteiger partial charge on any atom is -0.489 e. The van der Waals surface area contributed by atoms with E-state index in [1.165, 1.54) is 48.1 Å². The zero-order valence-corrected chi connectivity index (χ0v) is 30.9.